The van der Waals surface area contributed by atoms with Crippen molar-refractivity contribution in [2.45, 2.75) is 41.0 Å². The van der Waals surface area contributed by atoms with E-state index in [9.17, 15) is 0 Å². The molecule has 0 saturated heterocycles. The number of aryl methyl sites for hydroxylation is 4. The Morgan fingerprint density at radius 3 is 2.47 bits per heavy atom. The highest BCUT2D eigenvalue weighted by Crippen LogP contribution is 2.43. The predicted octanol–water partition coefficient (Wildman–Crippen LogP) is 8.57. The first kappa shape index (κ1) is 21.4. The van der Waals surface area contributed by atoms with E-state index in [1.165, 1.54) is 64.5 Å². The van der Waals surface area contributed by atoms with E-state index in [2.05, 4.69) is 101 Å². The van der Waals surface area contributed by atoms with Gasteiger partial charge in [-0.05, 0) is 67.5 Å². The lowest BCUT2D eigenvalue weighted by Crippen LogP contribution is -2.30. The highest BCUT2D eigenvalue weighted by atomic mass is 32.1. The number of thiophene rings is 1. The SMILES string of the molecule is Cc1cc(C)c2c(c1)oc1c(-c3c4sc5cc(CC(C)C)ccc5c4cc[n+]3C)c(C)ccc12. The zero-order valence-electron chi connectivity index (χ0n) is 20.7. The molecule has 2 nitrogen and oxygen atoms in total. The number of rotatable bonds is 3. The minimum Gasteiger partial charge on any atom is -0.455 e. The average molecular weight is 465 g/mol. The van der Waals surface area contributed by atoms with Crippen molar-refractivity contribution in [2.24, 2.45) is 13.0 Å². The van der Waals surface area contributed by atoms with Gasteiger partial charge in [0.05, 0.1) is 5.56 Å². The number of nitrogens with zero attached hydrogens (tertiary/aromatic N) is 1. The zero-order valence-corrected chi connectivity index (χ0v) is 21.6. The second-order valence-corrected chi connectivity index (χ2v) is 11.3. The minimum absolute atomic E-state index is 0.653. The van der Waals surface area contributed by atoms with Crippen LogP contribution in [-0.4, -0.2) is 0 Å². The molecule has 0 atom stereocenters. The average Bonchev–Trinajstić information content (AvgIpc) is 3.31. The molecule has 3 heteroatoms. The van der Waals surface area contributed by atoms with Gasteiger partial charge < -0.3 is 4.42 Å². The van der Waals surface area contributed by atoms with Crippen molar-refractivity contribution >= 4 is 53.4 Å². The van der Waals surface area contributed by atoms with Crippen molar-refractivity contribution in [3.63, 3.8) is 0 Å². The summed E-state index contributed by atoms with van der Waals surface area (Å²) < 4.78 is 11.6. The third-order valence-corrected chi connectivity index (χ3v) is 8.17. The lowest BCUT2D eigenvalue weighted by Gasteiger charge is -2.07. The third-order valence-electron chi connectivity index (χ3n) is 7.00. The van der Waals surface area contributed by atoms with Crippen LogP contribution in [0.4, 0.5) is 0 Å². The molecule has 0 amide bonds. The number of aromatic nitrogens is 1. The summed E-state index contributed by atoms with van der Waals surface area (Å²) >= 11 is 1.91. The van der Waals surface area contributed by atoms with Gasteiger partial charge in [-0.25, -0.2) is 0 Å². The molecule has 0 spiro atoms. The van der Waals surface area contributed by atoms with Crippen LogP contribution in [0.2, 0.25) is 0 Å². The first-order valence-corrected chi connectivity index (χ1v) is 12.9. The van der Waals surface area contributed by atoms with Gasteiger partial charge in [0.1, 0.15) is 22.9 Å². The Hall–Kier alpha value is -3.17. The lowest BCUT2D eigenvalue weighted by molar-refractivity contribution is -0.659. The summed E-state index contributed by atoms with van der Waals surface area (Å²) in [4.78, 5) is 0. The standard InChI is InChI=1S/C31H30NOS/c1-17(2)13-21-8-10-22-23-11-12-32(6)29(31(23)34-26(22)16-21)28-19(4)7-9-24-27-20(5)14-18(3)15-25(27)33-30(24)28/h7-12,14-17H,13H2,1-6H3/q+1. The van der Waals surface area contributed by atoms with Crippen LogP contribution in [0.25, 0.3) is 53.4 Å². The Balaban J connectivity index is 1.70. The second-order valence-electron chi connectivity index (χ2n) is 10.2. The van der Waals surface area contributed by atoms with Crippen LogP contribution < -0.4 is 4.57 Å². The van der Waals surface area contributed by atoms with Gasteiger partial charge in [0.25, 0.3) is 0 Å². The molecule has 3 aromatic heterocycles. The van der Waals surface area contributed by atoms with E-state index in [0.29, 0.717) is 5.92 Å². The molecule has 0 saturated carbocycles. The summed E-state index contributed by atoms with van der Waals surface area (Å²) in [7, 11) is 2.15. The summed E-state index contributed by atoms with van der Waals surface area (Å²) in [5, 5.41) is 5.09. The number of furan rings is 1. The van der Waals surface area contributed by atoms with Crippen LogP contribution in [-0.2, 0) is 13.5 Å². The molecule has 3 aromatic carbocycles. The second kappa shape index (κ2) is 7.68. The molecular weight excluding hydrogens is 434 g/mol. The maximum absolute atomic E-state index is 6.61. The number of fused-ring (bicyclic) bond motifs is 6. The Morgan fingerprint density at radius 1 is 0.882 bits per heavy atom. The molecule has 0 N–H and O–H groups in total. The highest BCUT2D eigenvalue weighted by Gasteiger charge is 2.25. The molecule has 0 bridgehead atoms. The molecule has 34 heavy (non-hydrogen) atoms. The molecular formula is C31H30NOS+. The Morgan fingerprint density at radius 2 is 1.68 bits per heavy atom. The highest BCUT2D eigenvalue weighted by molar-refractivity contribution is 7.26. The fourth-order valence-electron chi connectivity index (χ4n) is 5.55. The monoisotopic (exact) mass is 464 g/mol. The van der Waals surface area contributed by atoms with Gasteiger partial charge in [-0.3, -0.25) is 0 Å². The number of benzene rings is 3. The van der Waals surface area contributed by atoms with Gasteiger partial charge in [-0.15, -0.1) is 11.3 Å². The summed E-state index contributed by atoms with van der Waals surface area (Å²) in [6.45, 7) is 11.1. The molecule has 6 aromatic rings. The van der Waals surface area contributed by atoms with E-state index in [0.717, 1.165) is 17.6 Å². The van der Waals surface area contributed by atoms with Crippen molar-refractivity contribution in [1.29, 1.82) is 0 Å². The summed E-state index contributed by atoms with van der Waals surface area (Å²) in [5.74, 6) is 0.653. The van der Waals surface area contributed by atoms with Crippen molar-refractivity contribution in [1.82, 2.24) is 0 Å². The topological polar surface area (TPSA) is 17.0 Å². The van der Waals surface area contributed by atoms with E-state index in [1.54, 1.807) is 0 Å². The number of hydrogen-bond acceptors (Lipinski definition) is 2. The number of pyridine rings is 1. The molecule has 170 valence electrons. The van der Waals surface area contributed by atoms with Crippen LogP contribution in [0.15, 0.2) is 59.1 Å². The Kier molecular flexibility index (Phi) is 4.82. The van der Waals surface area contributed by atoms with E-state index in [-0.39, 0.29) is 0 Å². The van der Waals surface area contributed by atoms with Gasteiger partial charge in [-0.1, -0.05) is 44.2 Å². The predicted molar refractivity (Wildman–Crippen MR) is 146 cm³/mol. The van der Waals surface area contributed by atoms with Gasteiger partial charge >= 0.3 is 0 Å². The first-order valence-electron chi connectivity index (χ1n) is 12.1. The van der Waals surface area contributed by atoms with Crippen LogP contribution >= 0.6 is 11.3 Å². The van der Waals surface area contributed by atoms with Crippen LogP contribution in [0, 0.1) is 26.7 Å². The summed E-state index contributed by atoms with van der Waals surface area (Å²) in [6.07, 6.45) is 3.31. The van der Waals surface area contributed by atoms with Crippen molar-refractivity contribution in [3.8, 4) is 11.3 Å². The van der Waals surface area contributed by atoms with E-state index in [4.69, 9.17) is 4.42 Å². The van der Waals surface area contributed by atoms with Gasteiger partial charge in [-0.2, -0.15) is 4.57 Å². The van der Waals surface area contributed by atoms with Crippen molar-refractivity contribution < 1.29 is 8.98 Å². The zero-order chi connectivity index (χ0) is 23.7. The largest absolute Gasteiger partial charge is 0.455 e. The lowest BCUT2D eigenvalue weighted by atomic mass is 9.98. The molecule has 6 rings (SSSR count). The molecule has 0 aliphatic heterocycles. The summed E-state index contributed by atoms with van der Waals surface area (Å²) in [6, 6.07) is 18.2. The molecule has 0 unspecified atom stereocenters. The van der Waals surface area contributed by atoms with Gasteiger partial charge in [0.15, 0.2) is 6.20 Å². The molecule has 3 heterocycles. The molecule has 0 fully saturated rings. The van der Waals surface area contributed by atoms with Crippen LogP contribution in [0.1, 0.15) is 36.1 Å². The van der Waals surface area contributed by atoms with Crippen LogP contribution in [0.3, 0.4) is 0 Å². The quantitative estimate of drug-likeness (QED) is 0.240. The molecule has 0 aliphatic rings. The fourth-order valence-corrected chi connectivity index (χ4v) is 6.90. The smallest absolute Gasteiger partial charge is 0.234 e. The van der Waals surface area contributed by atoms with E-state index < -0.39 is 0 Å². The maximum atomic E-state index is 6.61. The van der Waals surface area contributed by atoms with Crippen molar-refractivity contribution in [3.05, 3.63) is 77.0 Å². The van der Waals surface area contributed by atoms with E-state index in [1.807, 2.05) is 11.3 Å². The Bertz CT molecular complexity index is 1750. The van der Waals surface area contributed by atoms with Crippen molar-refractivity contribution in [2.75, 3.05) is 0 Å². The molecule has 0 aliphatic carbocycles. The fraction of sp³-hybridized carbons (Fsp3) is 0.258. The van der Waals surface area contributed by atoms with Gasteiger partial charge in [0, 0.05) is 32.3 Å². The summed E-state index contributed by atoms with van der Waals surface area (Å²) in [5.41, 5.74) is 9.56. The first-order chi connectivity index (χ1) is 16.3. The normalized spacial score (nSPS) is 12.2. The number of hydrogen-bond donors (Lipinski definition) is 0. The molecule has 0 radical (unpaired) electrons. The third kappa shape index (κ3) is 3.18. The van der Waals surface area contributed by atoms with Gasteiger partial charge in [0.2, 0.25) is 5.69 Å². The Labute approximate surface area is 204 Å². The van der Waals surface area contributed by atoms with E-state index >= 15 is 0 Å². The maximum Gasteiger partial charge on any atom is 0.234 e. The van der Waals surface area contributed by atoms with Crippen LogP contribution in [0.5, 0.6) is 0 Å². The minimum atomic E-state index is 0.653.